The average Bonchev–Trinajstić information content (AvgIpc) is 2.86. The lowest BCUT2D eigenvalue weighted by Gasteiger charge is -2.16. The summed E-state index contributed by atoms with van der Waals surface area (Å²) in [6.07, 6.45) is 0. The van der Waals surface area contributed by atoms with E-state index in [0.717, 1.165) is 18.0 Å². The van der Waals surface area contributed by atoms with E-state index < -0.39 is 0 Å². The van der Waals surface area contributed by atoms with Crippen LogP contribution < -0.4 is 10.1 Å². The van der Waals surface area contributed by atoms with Crippen molar-refractivity contribution in [3.8, 4) is 5.75 Å². The van der Waals surface area contributed by atoms with E-state index in [0.29, 0.717) is 13.2 Å². The fourth-order valence-electron chi connectivity index (χ4n) is 2.11. The Hall–Kier alpha value is -1.85. The van der Waals surface area contributed by atoms with Gasteiger partial charge in [-0.15, -0.1) is 11.3 Å². The zero-order valence-corrected chi connectivity index (χ0v) is 14.1. The number of hydrogen-bond acceptors (Lipinski definition) is 4. The van der Waals surface area contributed by atoms with Crippen LogP contribution in [0.5, 0.6) is 5.75 Å². The lowest BCUT2D eigenvalue weighted by atomic mass is 10.3. The number of anilines is 1. The third kappa shape index (κ3) is 4.86. The summed E-state index contributed by atoms with van der Waals surface area (Å²) in [5.41, 5.74) is 2.07. The van der Waals surface area contributed by atoms with E-state index in [1.165, 1.54) is 10.4 Å². The molecule has 0 aliphatic heterocycles. The predicted molar refractivity (Wildman–Crippen MR) is 91.6 cm³/mol. The molecule has 5 heteroatoms. The number of nitrogens with zero attached hydrogens (tertiary/aromatic N) is 1. The second-order valence-electron chi connectivity index (χ2n) is 5.20. The van der Waals surface area contributed by atoms with Crippen LogP contribution in [0, 0.1) is 6.92 Å². The summed E-state index contributed by atoms with van der Waals surface area (Å²) >= 11 is 1.73. The molecule has 0 saturated heterocycles. The van der Waals surface area contributed by atoms with Gasteiger partial charge in [0.15, 0.2) is 0 Å². The van der Waals surface area contributed by atoms with Crippen molar-refractivity contribution in [2.75, 3.05) is 25.5 Å². The minimum atomic E-state index is -0.0131. The molecule has 2 rings (SSSR count). The van der Waals surface area contributed by atoms with Gasteiger partial charge >= 0.3 is 0 Å². The number of thiophene rings is 1. The standard InChI is InChI=1S/C17H22N2O2S/c1-4-21-15-7-5-14(6-8-15)18-17(20)12-19(3)11-16-13(2)9-10-22-16/h5-10H,4,11-12H2,1-3H3,(H,18,20). The van der Waals surface area contributed by atoms with Gasteiger partial charge in [-0.1, -0.05) is 0 Å². The van der Waals surface area contributed by atoms with Crippen molar-refractivity contribution in [2.24, 2.45) is 0 Å². The van der Waals surface area contributed by atoms with Crippen LogP contribution in [0.15, 0.2) is 35.7 Å². The number of aryl methyl sites for hydroxylation is 1. The van der Waals surface area contributed by atoms with E-state index in [1.807, 2.05) is 43.1 Å². The highest BCUT2D eigenvalue weighted by Gasteiger charge is 2.09. The minimum absolute atomic E-state index is 0.0131. The summed E-state index contributed by atoms with van der Waals surface area (Å²) in [7, 11) is 1.96. The van der Waals surface area contributed by atoms with Gasteiger partial charge < -0.3 is 10.1 Å². The van der Waals surface area contributed by atoms with Crippen LogP contribution in [-0.4, -0.2) is 31.0 Å². The van der Waals surface area contributed by atoms with Gasteiger partial charge in [0.25, 0.3) is 0 Å². The van der Waals surface area contributed by atoms with E-state index in [9.17, 15) is 4.79 Å². The second kappa shape index (κ2) is 7.96. The van der Waals surface area contributed by atoms with Gasteiger partial charge in [0.2, 0.25) is 5.91 Å². The maximum atomic E-state index is 12.1. The van der Waals surface area contributed by atoms with Crippen molar-refractivity contribution in [3.05, 3.63) is 46.2 Å². The number of amides is 1. The Labute approximate surface area is 135 Å². The summed E-state index contributed by atoms with van der Waals surface area (Å²) in [6.45, 7) is 5.84. The Morgan fingerprint density at radius 3 is 2.59 bits per heavy atom. The molecule has 1 amide bonds. The molecule has 0 aliphatic rings. The molecule has 0 atom stereocenters. The molecule has 1 N–H and O–H groups in total. The quantitative estimate of drug-likeness (QED) is 0.849. The molecule has 0 unspecified atom stereocenters. The second-order valence-corrected chi connectivity index (χ2v) is 6.21. The molecule has 1 aromatic heterocycles. The van der Waals surface area contributed by atoms with Crippen LogP contribution in [0.1, 0.15) is 17.4 Å². The minimum Gasteiger partial charge on any atom is -0.494 e. The monoisotopic (exact) mass is 318 g/mol. The highest BCUT2D eigenvalue weighted by Crippen LogP contribution is 2.18. The Morgan fingerprint density at radius 2 is 2.00 bits per heavy atom. The molecule has 0 spiro atoms. The first kappa shape index (κ1) is 16.5. The molecule has 22 heavy (non-hydrogen) atoms. The molecule has 118 valence electrons. The maximum absolute atomic E-state index is 12.1. The predicted octanol–water partition coefficient (Wildman–Crippen LogP) is 3.53. The molecule has 1 heterocycles. The number of benzene rings is 1. The van der Waals surface area contributed by atoms with Gasteiger partial charge in [-0.3, -0.25) is 9.69 Å². The van der Waals surface area contributed by atoms with Gasteiger partial charge in [0.05, 0.1) is 13.2 Å². The van der Waals surface area contributed by atoms with Gasteiger partial charge in [-0.2, -0.15) is 0 Å². The normalized spacial score (nSPS) is 10.7. The molecule has 0 fully saturated rings. The summed E-state index contributed by atoms with van der Waals surface area (Å²) in [6, 6.07) is 9.53. The maximum Gasteiger partial charge on any atom is 0.238 e. The molecular weight excluding hydrogens is 296 g/mol. The molecule has 4 nitrogen and oxygen atoms in total. The molecule has 0 bridgehead atoms. The first-order valence-electron chi connectivity index (χ1n) is 7.32. The van der Waals surface area contributed by atoms with Crippen LogP contribution >= 0.6 is 11.3 Å². The van der Waals surface area contributed by atoms with Gasteiger partial charge in [0, 0.05) is 17.1 Å². The Kier molecular flexibility index (Phi) is 5.98. The van der Waals surface area contributed by atoms with Crippen molar-refractivity contribution in [1.82, 2.24) is 4.90 Å². The van der Waals surface area contributed by atoms with E-state index in [4.69, 9.17) is 4.74 Å². The lowest BCUT2D eigenvalue weighted by molar-refractivity contribution is -0.117. The van der Waals surface area contributed by atoms with Gasteiger partial charge in [-0.05, 0) is 62.2 Å². The molecule has 0 aliphatic carbocycles. The number of carbonyl (C=O) groups excluding carboxylic acids is 1. The van der Waals surface area contributed by atoms with E-state index >= 15 is 0 Å². The fourth-order valence-corrected chi connectivity index (χ4v) is 3.10. The summed E-state index contributed by atoms with van der Waals surface area (Å²) in [5.74, 6) is 0.798. The Morgan fingerprint density at radius 1 is 1.27 bits per heavy atom. The largest absolute Gasteiger partial charge is 0.494 e. The zero-order chi connectivity index (χ0) is 15.9. The van der Waals surface area contributed by atoms with Crippen LogP contribution in [0.4, 0.5) is 5.69 Å². The number of rotatable bonds is 7. The first-order valence-corrected chi connectivity index (χ1v) is 8.20. The van der Waals surface area contributed by atoms with Crippen molar-refractivity contribution in [1.29, 1.82) is 0 Å². The third-order valence-corrected chi connectivity index (χ3v) is 4.25. The van der Waals surface area contributed by atoms with E-state index in [-0.39, 0.29) is 5.91 Å². The third-order valence-electron chi connectivity index (χ3n) is 3.24. The van der Waals surface area contributed by atoms with E-state index in [2.05, 4.69) is 23.7 Å². The number of carbonyl (C=O) groups is 1. The number of likely N-dealkylation sites (N-methyl/N-ethyl adjacent to an activating group) is 1. The van der Waals surface area contributed by atoms with Gasteiger partial charge in [0.1, 0.15) is 5.75 Å². The first-order chi connectivity index (χ1) is 10.6. The molecular formula is C17H22N2O2S. The summed E-state index contributed by atoms with van der Waals surface area (Å²) in [4.78, 5) is 15.4. The zero-order valence-electron chi connectivity index (χ0n) is 13.3. The molecule has 1 aromatic carbocycles. The van der Waals surface area contributed by atoms with Crippen LogP contribution in [0.2, 0.25) is 0 Å². The highest BCUT2D eigenvalue weighted by molar-refractivity contribution is 7.10. The Balaban J connectivity index is 1.83. The Bertz CT molecular complexity index is 607. The number of nitrogens with one attached hydrogen (secondary N) is 1. The van der Waals surface area contributed by atoms with Crippen LogP contribution in [0.25, 0.3) is 0 Å². The fraction of sp³-hybridized carbons (Fsp3) is 0.353. The van der Waals surface area contributed by atoms with Crippen molar-refractivity contribution in [2.45, 2.75) is 20.4 Å². The SMILES string of the molecule is CCOc1ccc(NC(=O)CN(C)Cc2sccc2C)cc1. The average molecular weight is 318 g/mol. The molecule has 0 radical (unpaired) electrons. The van der Waals surface area contributed by atoms with Gasteiger partial charge in [-0.25, -0.2) is 0 Å². The smallest absolute Gasteiger partial charge is 0.238 e. The van der Waals surface area contributed by atoms with Crippen LogP contribution in [-0.2, 0) is 11.3 Å². The van der Waals surface area contributed by atoms with Crippen LogP contribution in [0.3, 0.4) is 0 Å². The number of hydrogen-bond donors (Lipinski definition) is 1. The van der Waals surface area contributed by atoms with Crippen molar-refractivity contribution < 1.29 is 9.53 Å². The highest BCUT2D eigenvalue weighted by atomic mass is 32.1. The van der Waals surface area contributed by atoms with Crippen molar-refractivity contribution >= 4 is 22.9 Å². The number of ether oxygens (including phenoxy) is 1. The van der Waals surface area contributed by atoms with E-state index in [1.54, 1.807) is 11.3 Å². The summed E-state index contributed by atoms with van der Waals surface area (Å²) < 4.78 is 5.38. The molecule has 0 saturated carbocycles. The summed E-state index contributed by atoms with van der Waals surface area (Å²) in [5, 5.41) is 4.99. The lowest BCUT2D eigenvalue weighted by Crippen LogP contribution is -2.29. The topological polar surface area (TPSA) is 41.6 Å². The van der Waals surface area contributed by atoms with Crippen molar-refractivity contribution in [3.63, 3.8) is 0 Å². The molecule has 2 aromatic rings.